The zero-order chi connectivity index (χ0) is 12.0. The number of carbonyl (C=O) groups excluding carboxylic acids is 1. The van der Waals surface area contributed by atoms with Crippen LogP contribution >= 0.6 is 0 Å². The third-order valence-corrected chi connectivity index (χ3v) is 2.08. The summed E-state index contributed by atoms with van der Waals surface area (Å²) in [5.41, 5.74) is 4.98. The van der Waals surface area contributed by atoms with Gasteiger partial charge in [-0.15, -0.1) is 0 Å². The van der Waals surface area contributed by atoms with Gasteiger partial charge in [0, 0.05) is 13.1 Å². The van der Waals surface area contributed by atoms with Gasteiger partial charge in [0.25, 0.3) is 5.95 Å². The van der Waals surface area contributed by atoms with Crippen molar-refractivity contribution in [2.45, 2.75) is 20.4 Å². The van der Waals surface area contributed by atoms with Crippen LogP contribution in [0.3, 0.4) is 0 Å². The van der Waals surface area contributed by atoms with Crippen molar-refractivity contribution >= 4 is 11.9 Å². The number of nitrogens with two attached hydrogens (primary N) is 1. The van der Waals surface area contributed by atoms with Crippen molar-refractivity contribution in [3.63, 3.8) is 0 Å². The topological polar surface area (TPSA) is 97.3 Å². The van der Waals surface area contributed by atoms with Gasteiger partial charge in [-0.3, -0.25) is 10.1 Å². The lowest BCUT2D eigenvalue weighted by molar-refractivity contribution is -0.117. The number of hydrogen-bond acceptors (Lipinski definition) is 6. The Kier molecular flexibility index (Phi) is 4.71. The third kappa shape index (κ3) is 3.50. The van der Waals surface area contributed by atoms with Gasteiger partial charge in [0.05, 0.1) is 13.1 Å². The van der Waals surface area contributed by atoms with E-state index in [9.17, 15) is 4.79 Å². The molecule has 1 aromatic rings. The maximum Gasteiger partial charge on any atom is 0.266 e. The van der Waals surface area contributed by atoms with E-state index in [1.807, 2.05) is 18.7 Å². The lowest BCUT2D eigenvalue weighted by atomic mass is 10.5. The van der Waals surface area contributed by atoms with Gasteiger partial charge in [-0.2, -0.15) is 4.98 Å². The van der Waals surface area contributed by atoms with Crippen LogP contribution in [-0.4, -0.2) is 35.7 Å². The normalized spacial score (nSPS) is 10.4. The van der Waals surface area contributed by atoms with Crippen molar-refractivity contribution in [2.24, 2.45) is 5.73 Å². The molecule has 1 rings (SSSR count). The number of nitrogens with one attached hydrogen (secondary N) is 1. The van der Waals surface area contributed by atoms with Crippen LogP contribution in [0, 0.1) is 0 Å². The highest BCUT2D eigenvalue weighted by Crippen LogP contribution is 2.07. The van der Waals surface area contributed by atoms with Crippen LogP contribution in [0.4, 0.5) is 5.95 Å². The monoisotopic (exact) mass is 227 g/mol. The Morgan fingerprint density at radius 1 is 1.50 bits per heavy atom. The van der Waals surface area contributed by atoms with Crippen LogP contribution in [0.25, 0.3) is 0 Å². The summed E-state index contributed by atoms with van der Waals surface area (Å²) >= 11 is 0. The first-order valence-corrected chi connectivity index (χ1v) is 5.23. The minimum Gasteiger partial charge on any atom is -0.369 e. The van der Waals surface area contributed by atoms with Crippen LogP contribution < -0.4 is 16.0 Å². The molecular weight excluding hydrogens is 210 g/mol. The Morgan fingerprint density at radius 2 is 2.19 bits per heavy atom. The summed E-state index contributed by atoms with van der Waals surface area (Å²) in [6, 6.07) is 0. The van der Waals surface area contributed by atoms with Crippen LogP contribution in [-0.2, 0) is 11.3 Å². The summed E-state index contributed by atoms with van der Waals surface area (Å²) in [7, 11) is 0. The molecular formula is C9H17N5O2. The zero-order valence-corrected chi connectivity index (χ0v) is 9.56. The fraction of sp³-hybridized carbons (Fsp3) is 0.667. The Bertz CT molecular complexity index is 334. The third-order valence-electron chi connectivity index (χ3n) is 2.08. The highest BCUT2D eigenvalue weighted by atomic mass is 16.5. The van der Waals surface area contributed by atoms with E-state index in [1.54, 1.807) is 0 Å². The molecule has 0 radical (unpaired) electrons. The van der Waals surface area contributed by atoms with Crippen molar-refractivity contribution in [1.82, 2.24) is 15.5 Å². The molecule has 7 nitrogen and oxygen atoms in total. The molecule has 0 aliphatic rings. The van der Waals surface area contributed by atoms with Gasteiger partial charge in [-0.1, -0.05) is 0 Å². The summed E-state index contributed by atoms with van der Waals surface area (Å²) in [6.45, 7) is 6.13. The molecule has 0 spiro atoms. The van der Waals surface area contributed by atoms with E-state index < -0.39 is 5.91 Å². The molecule has 0 saturated heterocycles. The molecule has 1 heterocycles. The molecule has 0 bridgehead atoms. The Balaban J connectivity index is 2.47. The molecule has 7 heteroatoms. The Hall–Kier alpha value is -1.63. The van der Waals surface area contributed by atoms with Gasteiger partial charge in [0.15, 0.2) is 0 Å². The smallest absolute Gasteiger partial charge is 0.266 e. The van der Waals surface area contributed by atoms with Gasteiger partial charge < -0.3 is 15.2 Å². The second kappa shape index (κ2) is 6.06. The van der Waals surface area contributed by atoms with Gasteiger partial charge in [0.2, 0.25) is 11.8 Å². The highest BCUT2D eigenvalue weighted by Gasteiger charge is 2.10. The van der Waals surface area contributed by atoms with E-state index in [4.69, 9.17) is 10.3 Å². The average molecular weight is 227 g/mol. The summed E-state index contributed by atoms with van der Waals surface area (Å²) < 4.78 is 5.01. The first-order valence-electron chi connectivity index (χ1n) is 5.23. The van der Waals surface area contributed by atoms with Crippen LogP contribution in [0.5, 0.6) is 0 Å². The average Bonchev–Trinajstić information content (AvgIpc) is 2.68. The van der Waals surface area contributed by atoms with Crippen LogP contribution in [0.15, 0.2) is 4.52 Å². The maximum absolute atomic E-state index is 10.5. The minimum absolute atomic E-state index is 0.100. The molecule has 0 aliphatic carbocycles. The summed E-state index contributed by atoms with van der Waals surface area (Å²) in [5.74, 6) is 0.604. The predicted molar refractivity (Wildman–Crippen MR) is 58.8 cm³/mol. The Morgan fingerprint density at radius 3 is 2.75 bits per heavy atom. The number of anilines is 1. The quantitative estimate of drug-likeness (QED) is 0.651. The van der Waals surface area contributed by atoms with Gasteiger partial charge in [0.1, 0.15) is 0 Å². The van der Waals surface area contributed by atoms with Crippen LogP contribution in [0.1, 0.15) is 19.7 Å². The molecule has 0 aromatic carbocycles. The fourth-order valence-electron chi connectivity index (χ4n) is 1.25. The molecule has 1 amide bonds. The molecule has 0 unspecified atom stereocenters. The first-order chi connectivity index (χ1) is 7.67. The molecule has 16 heavy (non-hydrogen) atoms. The molecule has 1 aromatic heterocycles. The molecule has 0 atom stereocenters. The number of carbonyl (C=O) groups is 1. The van der Waals surface area contributed by atoms with Crippen molar-refractivity contribution in [2.75, 3.05) is 24.5 Å². The van der Waals surface area contributed by atoms with Gasteiger partial charge in [-0.25, -0.2) is 0 Å². The molecule has 3 N–H and O–H groups in total. The number of rotatable bonds is 7. The number of primary amides is 1. The number of hydrogen-bond donors (Lipinski definition) is 2. The summed E-state index contributed by atoms with van der Waals surface area (Å²) in [4.78, 5) is 16.6. The molecule has 0 saturated carbocycles. The van der Waals surface area contributed by atoms with Crippen molar-refractivity contribution in [3.8, 4) is 0 Å². The van der Waals surface area contributed by atoms with Gasteiger partial charge in [-0.05, 0) is 19.0 Å². The van der Waals surface area contributed by atoms with E-state index in [1.165, 1.54) is 0 Å². The summed E-state index contributed by atoms with van der Waals surface area (Å²) in [6.07, 6.45) is 0. The second-order valence-corrected chi connectivity index (χ2v) is 3.23. The van der Waals surface area contributed by atoms with Gasteiger partial charge >= 0.3 is 0 Å². The predicted octanol–water partition coefficient (Wildman–Crippen LogP) is -0.509. The van der Waals surface area contributed by atoms with E-state index >= 15 is 0 Å². The largest absolute Gasteiger partial charge is 0.369 e. The Labute approximate surface area is 94.0 Å². The number of aromatic nitrogens is 2. The summed E-state index contributed by atoms with van der Waals surface area (Å²) in [5, 5.41) is 6.64. The molecule has 0 fully saturated rings. The standard InChI is InChI=1S/C9H17N5O2/c1-3-14(4-2)9-12-8(16-13-9)6-11-5-7(10)15/h11H,3-6H2,1-2H3,(H2,10,15). The van der Waals surface area contributed by atoms with E-state index in [0.29, 0.717) is 18.4 Å². The second-order valence-electron chi connectivity index (χ2n) is 3.23. The molecule has 90 valence electrons. The van der Waals surface area contributed by atoms with Crippen molar-refractivity contribution < 1.29 is 9.32 Å². The first kappa shape index (κ1) is 12.4. The SMILES string of the molecule is CCN(CC)c1noc(CNCC(N)=O)n1. The maximum atomic E-state index is 10.5. The van der Waals surface area contributed by atoms with Crippen molar-refractivity contribution in [1.29, 1.82) is 0 Å². The number of amides is 1. The molecule has 0 aliphatic heterocycles. The van der Waals surface area contributed by atoms with Crippen LogP contribution in [0.2, 0.25) is 0 Å². The number of nitrogens with zero attached hydrogens (tertiary/aromatic N) is 3. The lowest BCUT2D eigenvalue weighted by Gasteiger charge is -2.14. The lowest BCUT2D eigenvalue weighted by Crippen LogP contribution is -2.28. The van der Waals surface area contributed by atoms with Crippen molar-refractivity contribution in [3.05, 3.63) is 5.89 Å². The highest BCUT2D eigenvalue weighted by molar-refractivity contribution is 5.75. The minimum atomic E-state index is -0.413. The van der Waals surface area contributed by atoms with E-state index in [2.05, 4.69) is 15.5 Å². The van der Waals surface area contributed by atoms with E-state index in [-0.39, 0.29) is 6.54 Å². The zero-order valence-electron chi connectivity index (χ0n) is 9.56. The van der Waals surface area contributed by atoms with E-state index in [0.717, 1.165) is 13.1 Å². The fourth-order valence-corrected chi connectivity index (χ4v) is 1.25.